The summed E-state index contributed by atoms with van der Waals surface area (Å²) in [5.41, 5.74) is 0. The molecule has 4 heteroatoms. The second kappa shape index (κ2) is 8.83. The van der Waals surface area contributed by atoms with Gasteiger partial charge in [-0.3, -0.25) is 0 Å². The van der Waals surface area contributed by atoms with Gasteiger partial charge >= 0.3 is 32.3 Å². The second-order valence-corrected chi connectivity index (χ2v) is 0.777. The molecule has 0 saturated carbocycles. The fourth-order valence-corrected chi connectivity index (χ4v) is 0. The van der Waals surface area contributed by atoms with E-state index in [1.165, 1.54) is 0 Å². The Morgan fingerprint density at radius 3 is 1.25 bits per heavy atom. The summed E-state index contributed by atoms with van der Waals surface area (Å²) >= 11 is -2.51. The molecule has 0 bridgehead atoms. The van der Waals surface area contributed by atoms with Crippen molar-refractivity contribution in [2.45, 2.75) is 0 Å². The molecule has 0 aliphatic rings. The van der Waals surface area contributed by atoms with Crippen LogP contribution in [0.5, 0.6) is 0 Å². The van der Waals surface area contributed by atoms with Gasteiger partial charge in [-0.05, 0) is 0 Å². The third-order valence-corrected chi connectivity index (χ3v) is 0. The first-order valence-corrected chi connectivity index (χ1v) is 3.81. The van der Waals surface area contributed by atoms with Crippen molar-refractivity contribution in [2.24, 2.45) is 0 Å². The van der Waals surface area contributed by atoms with Gasteiger partial charge in [0, 0.05) is 31.1 Å². The fraction of sp³-hybridized carbons (Fsp3) is 0. The first-order valence-electron chi connectivity index (χ1n) is 0.408. The number of hydrogen-bond acceptors (Lipinski definition) is 2. The number of hydrogen-bond donors (Lipinski definition) is 0. The monoisotopic (exact) mass is 508 g/mol. The van der Waals surface area contributed by atoms with Crippen molar-refractivity contribution in [3.63, 3.8) is 0 Å². The first-order chi connectivity index (χ1) is 1.41. The zero-order chi connectivity index (χ0) is 2.71. The van der Waals surface area contributed by atoms with Gasteiger partial charge in [0.05, 0.1) is 0 Å². The minimum absolute atomic E-state index is 0. The van der Waals surface area contributed by atoms with E-state index in [-0.39, 0.29) is 31.1 Å². The smallest absolute Gasteiger partial charge is 0 e. The van der Waals surface area contributed by atoms with Crippen molar-refractivity contribution in [3.05, 3.63) is 0 Å². The molecular weight excluding hydrogens is 508 g/mol. The van der Waals surface area contributed by atoms with Crippen molar-refractivity contribution >= 4 is 0 Å². The van der Waals surface area contributed by atoms with E-state index < -0.39 is 27.8 Å². The SMILES string of the molecule is [O]=[U]=[O].[U]. The molecule has 0 radical (unpaired) electrons. The molecule has 0 heterocycles. The first kappa shape index (κ1) is 9.20. The summed E-state index contributed by atoms with van der Waals surface area (Å²) in [6.45, 7) is 0. The third kappa shape index (κ3) is 9.33. The van der Waals surface area contributed by atoms with Crippen LogP contribution < -0.4 is 0 Å². The van der Waals surface area contributed by atoms with Crippen LogP contribution in [0.3, 0.4) is 0 Å². The van der Waals surface area contributed by atoms with E-state index in [0.717, 1.165) is 0 Å². The van der Waals surface area contributed by atoms with E-state index in [0.29, 0.717) is 0 Å². The molecule has 0 atom stereocenters. The van der Waals surface area contributed by atoms with E-state index in [1.54, 1.807) is 0 Å². The Morgan fingerprint density at radius 1 is 1.25 bits per heavy atom. The summed E-state index contributed by atoms with van der Waals surface area (Å²) in [5.74, 6) is 0. The average molecular weight is 508 g/mol. The van der Waals surface area contributed by atoms with Crippen molar-refractivity contribution in [1.82, 2.24) is 0 Å². The number of rotatable bonds is 0. The molecule has 0 amide bonds. The van der Waals surface area contributed by atoms with Crippen LogP contribution in [0.1, 0.15) is 0 Å². The zero-order valence-corrected chi connectivity index (χ0v) is 10.1. The zero-order valence-electron chi connectivity index (χ0n) is 1.82. The van der Waals surface area contributed by atoms with Crippen LogP contribution in [0.2, 0.25) is 0 Å². The Balaban J connectivity index is 0. The molecule has 0 fully saturated rings. The van der Waals surface area contributed by atoms with Crippen LogP contribution in [0.25, 0.3) is 0 Å². The molecule has 2 nitrogen and oxygen atoms in total. The molecule has 0 rings (SSSR count). The van der Waals surface area contributed by atoms with Crippen molar-refractivity contribution < 1.29 is 63.4 Å². The summed E-state index contributed by atoms with van der Waals surface area (Å²) in [4.78, 5) is 0. The summed E-state index contributed by atoms with van der Waals surface area (Å²) in [7, 11) is 0. The van der Waals surface area contributed by atoms with Gasteiger partial charge in [0.15, 0.2) is 0 Å². The molecule has 0 saturated heterocycles. The van der Waals surface area contributed by atoms with E-state index >= 15 is 0 Å². The quantitative estimate of drug-likeness (QED) is 0.454. The maximum absolute atomic E-state index is 8.58. The Labute approximate surface area is 62.3 Å². The largest absolute Gasteiger partial charge is 0 e. The molecule has 0 unspecified atom stereocenters. The maximum Gasteiger partial charge on any atom is 0 e. The van der Waals surface area contributed by atoms with Crippen molar-refractivity contribution in [1.29, 1.82) is 0 Å². The van der Waals surface area contributed by atoms with Crippen LogP contribution >= 0.6 is 0 Å². The van der Waals surface area contributed by atoms with Gasteiger partial charge in [-0.2, -0.15) is 0 Å². The molecule has 0 aliphatic carbocycles. The molecule has 0 N–H and O–H groups in total. The summed E-state index contributed by atoms with van der Waals surface area (Å²) in [5, 5.41) is 0. The van der Waals surface area contributed by atoms with Crippen molar-refractivity contribution in [2.75, 3.05) is 0 Å². The maximum atomic E-state index is 8.58. The van der Waals surface area contributed by atoms with Crippen LogP contribution in [0.15, 0.2) is 0 Å². The fourth-order valence-electron chi connectivity index (χ4n) is 0. The Bertz CT molecular complexity index is 25.0. The second-order valence-electron chi connectivity index (χ2n) is 0.0833. The normalized spacial score (nSPS) is 2.00. The van der Waals surface area contributed by atoms with Gasteiger partial charge in [-0.25, -0.2) is 0 Å². The molecule has 0 spiro atoms. The molecule has 0 aromatic carbocycles. The molecule has 0 aromatic heterocycles. The van der Waals surface area contributed by atoms with Gasteiger partial charge in [0.2, 0.25) is 0 Å². The van der Waals surface area contributed by atoms with Crippen LogP contribution in [0, 0.1) is 58.9 Å². The third-order valence-electron chi connectivity index (χ3n) is 0. The minimum atomic E-state index is -2.51. The van der Waals surface area contributed by atoms with Crippen LogP contribution in [0.4, 0.5) is 0 Å². The van der Waals surface area contributed by atoms with E-state index in [9.17, 15) is 0 Å². The van der Waals surface area contributed by atoms with Gasteiger partial charge in [0.25, 0.3) is 0 Å². The molecular formula is O2U2. The standard InChI is InChI=1S/2O.2U. The molecule has 20 valence electrons. The van der Waals surface area contributed by atoms with E-state index in [4.69, 9.17) is 4.47 Å². The summed E-state index contributed by atoms with van der Waals surface area (Å²) in [6.07, 6.45) is 0. The molecule has 4 heavy (non-hydrogen) atoms. The predicted molar refractivity (Wildman–Crippen MR) is 1.37 cm³/mol. The summed E-state index contributed by atoms with van der Waals surface area (Å²) in [6, 6.07) is 0. The van der Waals surface area contributed by atoms with E-state index in [2.05, 4.69) is 0 Å². The van der Waals surface area contributed by atoms with Gasteiger partial charge < -0.3 is 0 Å². The molecule has 0 aliphatic heterocycles. The average Bonchev–Trinajstić information content (AvgIpc) is 0.918. The van der Waals surface area contributed by atoms with Crippen LogP contribution in [-0.4, -0.2) is 0 Å². The molecule has 0 aromatic rings. The van der Waals surface area contributed by atoms with E-state index in [1.807, 2.05) is 0 Å². The Morgan fingerprint density at radius 2 is 1.25 bits per heavy atom. The van der Waals surface area contributed by atoms with Crippen molar-refractivity contribution in [3.8, 4) is 0 Å². The Hall–Kier alpha value is 1.70. The minimum Gasteiger partial charge on any atom is 0 e. The topological polar surface area (TPSA) is 34.1 Å². The Kier molecular flexibility index (Phi) is 20.3. The van der Waals surface area contributed by atoms with Gasteiger partial charge in [-0.15, -0.1) is 0 Å². The van der Waals surface area contributed by atoms with Gasteiger partial charge in [-0.1, -0.05) is 0 Å². The van der Waals surface area contributed by atoms with Crippen LogP contribution in [-0.2, 0) is 4.47 Å². The summed E-state index contributed by atoms with van der Waals surface area (Å²) < 4.78 is 17.2. The predicted octanol–water partition coefficient (Wildman–Crippen LogP) is -0.238. The van der Waals surface area contributed by atoms with Gasteiger partial charge in [0.1, 0.15) is 0 Å².